The Kier molecular flexibility index (Phi) is 2.92. The molecule has 1 saturated carbocycles. The van der Waals surface area contributed by atoms with Crippen molar-refractivity contribution in [2.75, 3.05) is 0 Å². The molecule has 0 aliphatic heterocycles. The Labute approximate surface area is 92.0 Å². The molecule has 1 aliphatic rings. The van der Waals surface area contributed by atoms with Crippen molar-refractivity contribution < 1.29 is 0 Å². The van der Waals surface area contributed by atoms with E-state index in [4.69, 9.17) is 5.73 Å². The van der Waals surface area contributed by atoms with Crippen molar-refractivity contribution in [1.82, 2.24) is 0 Å². The molecule has 0 radical (unpaired) electrons. The summed E-state index contributed by atoms with van der Waals surface area (Å²) in [6.45, 7) is 5.98. The van der Waals surface area contributed by atoms with Crippen LogP contribution in [0.1, 0.15) is 31.2 Å². The maximum absolute atomic E-state index is 6.15. The average molecular weight is 201 g/mol. The summed E-state index contributed by atoms with van der Waals surface area (Å²) < 4.78 is 0. The van der Waals surface area contributed by atoms with Crippen LogP contribution in [0.15, 0.2) is 42.5 Å². The van der Waals surface area contributed by atoms with Crippen molar-refractivity contribution in [1.29, 1.82) is 0 Å². The molecule has 1 aromatic rings. The van der Waals surface area contributed by atoms with E-state index < -0.39 is 0 Å². The Hall–Kier alpha value is -1.08. The van der Waals surface area contributed by atoms with Crippen LogP contribution >= 0.6 is 0 Å². The molecule has 0 spiro atoms. The zero-order valence-corrected chi connectivity index (χ0v) is 9.32. The minimum atomic E-state index is 0.299. The summed E-state index contributed by atoms with van der Waals surface area (Å²) in [6.07, 6.45) is 2.21. The Morgan fingerprint density at radius 3 is 2.73 bits per heavy atom. The second-order valence-corrected chi connectivity index (χ2v) is 4.74. The highest BCUT2D eigenvalue weighted by Crippen LogP contribution is 2.49. The molecule has 0 amide bonds. The lowest BCUT2D eigenvalue weighted by Gasteiger charge is -2.10. The van der Waals surface area contributed by atoms with Gasteiger partial charge in [-0.25, -0.2) is 0 Å². The molecule has 2 N–H and O–H groups in total. The van der Waals surface area contributed by atoms with Crippen LogP contribution in [0, 0.1) is 5.92 Å². The summed E-state index contributed by atoms with van der Waals surface area (Å²) in [5.74, 6) is 1.37. The molecule has 15 heavy (non-hydrogen) atoms. The third-order valence-corrected chi connectivity index (χ3v) is 3.20. The van der Waals surface area contributed by atoms with Gasteiger partial charge in [0.1, 0.15) is 0 Å². The van der Waals surface area contributed by atoms with Gasteiger partial charge in [-0.1, -0.05) is 35.9 Å². The van der Waals surface area contributed by atoms with Gasteiger partial charge in [0.2, 0.25) is 0 Å². The van der Waals surface area contributed by atoms with Gasteiger partial charge < -0.3 is 5.73 Å². The average Bonchev–Trinajstić information content (AvgIpc) is 2.97. The Balaban J connectivity index is 1.93. The third kappa shape index (κ3) is 2.48. The first-order valence-electron chi connectivity index (χ1n) is 5.63. The first-order chi connectivity index (χ1) is 7.18. The first kappa shape index (κ1) is 10.4. The van der Waals surface area contributed by atoms with Gasteiger partial charge in [-0.3, -0.25) is 0 Å². The van der Waals surface area contributed by atoms with Crippen molar-refractivity contribution in [2.45, 2.75) is 31.7 Å². The van der Waals surface area contributed by atoms with E-state index in [1.165, 1.54) is 17.6 Å². The quantitative estimate of drug-likeness (QED) is 0.744. The van der Waals surface area contributed by atoms with Crippen molar-refractivity contribution >= 4 is 0 Å². The Morgan fingerprint density at radius 1 is 1.47 bits per heavy atom. The van der Waals surface area contributed by atoms with E-state index in [1.807, 2.05) is 0 Å². The van der Waals surface area contributed by atoms with Crippen LogP contribution in [0.2, 0.25) is 0 Å². The smallest absolute Gasteiger partial charge is 0.0110 e. The maximum atomic E-state index is 6.15. The normalized spacial score (nSPS) is 26.0. The molecule has 0 heterocycles. The van der Waals surface area contributed by atoms with Gasteiger partial charge in [0.15, 0.2) is 0 Å². The fourth-order valence-corrected chi connectivity index (χ4v) is 2.33. The highest BCUT2D eigenvalue weighted by atomic mass is 14.7. The molecule has 0 aromatic heterocycles. The molecular weight excluding hydrogens is 182 g/mol. The number of hydrogen-bond acceptors (Lipinski definition) is 1. The summed E-state index contributed by atoms with van der Waals surface area (Å²) in [4.78, 5) is 0. The van der Waals surface area contributed by atoms with Crippen LogP contribution in [0.3, 0.4) is 0 Å². The fraction of sp³-hybridized carbons (Fsp3) is 0.429. The Bertz CT molecular complexity index is 342. The minimum Gasteiger partial charge on any atom is -0.327 e. The second kappa shape index (κ2) is 4.19. The summed E-state index contributed by atoms with van der Waals surface area (Å²) in [7, 11) is 0. The van der Waals surface area contributed by atoms with Crippen LogP contribution in [0.5, 0.6) is 0 Å². The zero-order valence-electron chi connectivity index (χ0n) is 9.32. The summed E-state index contributed by atoms with van der Waals surface area (Å²) in [5.41, 5.74) is 8.79. The van der Waals surface area contributed by atoms with Gasteiger partial charge in [0.05, 0.1) is 0 Å². The zero-order chi connectivity index (χ0) is 10.8. The molecule has 80 valence electrons. The summed E-state index contributed by atoms with van der Waals surface area (Å²) >= 11 is 0. The summed E-state index contributed by atoms with van der Waals surface area (Å²) in [5, 5.41) is 0. The highest BCUT2D eigenvalue weighted by Gasteiger charge is 2.41. The number of benzene rings is 1. The number of nitrogens with two attached hydrogens (primary N) is 1. The predicted molar refractivity (Wildman–Crippen MR) is 64.7 cm³/mol. The van der Waals surface area contributed by atoms with Gasteiger partial charge in [-0.05, 0) is 37.2 Å². The molecule has 2 rings (SSSR count). The van der Waals surface area contributed by atoms with E-state index in [1.54, 1.807) is 0 Å². The van der Waals surface area contributed by atoms with Crippen LogP contribution in [0.25, 0.3) is 0 Å². The fourth-order valence-electron chi connectivity index (χ4n) is 2.33. The number of hydrogen-bond donors (Lipinski definition) is 1. The van der Waals surface area contributed by atoms with Gasteiger partial charge in [-0.15, -0.1) is 6.58 Å². The van der Waals surface area contributed by atoms with Crippen LogP contribution in [0.4, 0.5) is 0 Å². The minimum absolute atomic E-state index is 0.299. The molecular formula is C14H19N. The van der Waals surface area contributed by atoms with Crippen molar-refractivity contribution in [3.05, 3.63) is 48.0 Å². The SMILES string of the molecule is C=C(C)CC(N)C1CC1c1ccccc1. The van der Waals surface area contributed by atoms with E-state index in [-0.39, 0.29) is 0 Å². The molecule has 1 nitrogen and oxygen atoms in total. The van der Waals surface area contributed by atoms with Gasteiger partial charge >= 0.3 is 0 Å². The standard InChI is InChI=1S/C14H19N/c1-10(2)8-14(15)13-9-12(13)11-6-4-3-5-7-11/h3-7,12-14H,1,8-9,15H2,2H3. The van der Waals surface area contributed by atoms with Crippen molar-refractivity contribution in [2.24, 2.45) is 11.7 Å². The van der Waals surface area contributed by atoms with Crippen LogP contribution < -0.4 is 5.73 Å². The van der Waals surface area contributed by atoms with Gasteiger partial charge in [0.25, 0.3) is 0 Å². The molecule has 0 bridgehead atoms. The number of rotatable bonds is 4. The van der Waals surface area contributed by atoms with Crippen molar-refractivity contribution in [3.8, 4) is 0 Å². The lowest BCUT2D eigenvalue weighted by Crippen LogP contribution is -2.23. The van der Waals surface area contributed by atoms with Crippen LogP contribution in [-0.2, 0) is 0 Å². The van der Waals surface area contributed by atoms with E-state index in [2.05, 4.69) is 43.8 Å². The molecule has 1 fully saturated rings. The molecule has 1 heteroatoms. The highest BCUT2D eigenvalue weighted by molar-refractivity contribution is 5.26. The predicted octanol–water partition coefficient (Wildman–Crippen LogP) is 3.08. The Morgan fingerprint density at radius 2 is 2.13 bits per heavy atom. The van der Waals surface area contributed by atoms with E-state index in [9.17, 15) is 0 Å². The third-order valence-electron chi connectivity index (χ3n) is 3.20. The molecule has 3 unspecified atom stereocenters. The lowest BCUT2D eigenvalue weighted by molar-refractivity contribution is 0.576. The van der Waals surface area contributed by atoms with Crippen molar-refractivity contribution in [3.63, 3.8) is 0 Å². The topological polar surface area (TPSA) is 26.0 Å². The van der Waals surface area contributed by atoms with Gasteiger partial charge in [-0.2, -0.15) is 0 Å². The largest absolute Gasteiger partial charge is 0.327 e. The summed E-state index contributed by atoms with van der Waals surface area (Å²) in [6, 6.07) is 11.0. The molecule has 0 saturated heterocycles. The van der Waals surface area contributed by atoms with E-state index >= 15 is 0 Å². The lowest BCUT2D eigenvalue weighted by atomic mass is 10.0. The molecule has 1 aliphatic carbocycles. The monoisotopic (exact) mass is 201 g/mol. The molecule has 1 aromatic carbocycles. The molecule has 3 atom stereocenters. The van der Waals surface area contributed by atoms with E-state index in [0.29, 0.717) is 17.9 Å². The first-order valence-corrected chi connectivity index (χ1v) is 5.63. The maximum Gasteiger partial charge on any atom is 0.0110 e. The van der Waals surface area contributed by atoms with Gasteiger partial charge in [0, 0.05) is 6.04 Å². The van der Waals surface area contributed by atoms with E-state index in [0.717, 1.165) is 6.42 Å². The van der Waals surface area contributed by atoms with Crippen LogP contribution in [-0.4, -0.2) is 6.04 Å². The second-order valence-electron chi connectivity index (χ2n) is 4.74.